The number of amides is 2. The van der Waals surface area contributed by atoms with E-state index in [1.165, 1.54) is 0 Å². The Morgan fingerprint density at radius 1 is 1.42 bits per heavy atom. The van der Waals surface area contributed by atoms with Gasteiger partial charge in [0.25, 0.3) is 0 Å². The molecule has 0 radical (unpaired) electrons. The molecular formula is C13H25N3O3. The van der Waals surface area contributed by atoms with Crippen molar-refractivity contribution in [2.24, 2.45) is 17.6 Å². The van der Waals surface area contributed by atoms with Crippen molar-refractivity contribution in [1.82, 2.24) is 10.2 Å². The lowest BCUT2D eigenvalue weighted by Gasteiger charge is -2.38. The topological polar surface area (TPSA) is 98.8 Å². The van der Waals surface area contributed by atoms with E-state index >= 15 is 0 Å². The van der Waals surface area contributed by atoms with Crippen LogP contribution in [0.5, 0.6) is 0 Å². The van der Waals surface area contributed by atoms with Crippen LogP contribution in [0.2, 0.25) is 0 Å². The smallest absolute Gasteiger partial charge is 0.314 e. The van der Waals surface area contributed by atoms with E-state index in [-0.39, 0.29) is 24.7 Å². The number of hydrogen-bond donors (Lipinski definition) is 4. The summed E-state index contributed by atoms with van der Waals surface area (Å²) in [4.78, 5) is 13.0. The maximum atomic E-state index is 11.4. The maximum absolute atomic E-state index is 11.4. The fourth-order valence-corrected chi connectivity index (χ4v) is 2.99. The van der Waals surface area contributed by atoms with Gasteiger partial charge in [-0.25, -0.2) is 4.79 Å². The number of carbonyl (C=O) groups is 1. The number of urea groups is 1. The van der Waals surface area contributed by atoms with Crippen LogP contribution in [0.25, 0.3) is 0 Å². The molecule has 0 spiro atoms. The number of hydrogen-bond acceptors (Lipinski definition) is 4. The van der Waals surface area contributed by atoms with E-state index in [1.54, 1.807) is 4.90 Å². The van der Waals surface area contributed by atoms with Crippen LogP contribution >= 0.6 is 0 Å². The molecular weight excluding hydrogens is 246 g/mol. The van der Waals surface area contributed by atoms with Gasteiger partial charge in [0.15, 0.2) is 0 Å². The molecule has 1 saturated heterocycles. The second-order valence-corrected chi connectivity index (χ2v) is 5.86. The molecule has 2 aliphatic rings. The summed E-state index contributed by atoms with van der Waals surface area (Å²) in [6.07, 6.45) is 3.68. The van der Waals surface area contributed by atoms with Crippen molar-refractivity contribution < 1.29 is 15.0 Å². The second-order valence-electron chi connectivity index (χ2n) is 5.86. The molecule has 0 aromatic carbocycles. The van der Waals surface area contributed by atoms with Gasteiger partial charge in [-0.15, -0.1) is 0 Å². The highest BCUT2D eigenvalue weighted by molar-refractivity contribution is 5.72. The first-order valence-electron chi connectivity index (χ1n) is 7.16. The van der Waals surface area contributed by atoms with Gasteiger partial charge in [-0.05, 0) is 37.5 Å². The van der Waals surface area contributed by atoms with E-state index in [1.807, 2.05) is 0 Å². The molecule has 0 aromatic heterocycles. The molecule has 0 aromatic rings. The third kappa shape index (κ3) is 4.33. The van der Waals surface area contributed by atoms with Gasteiger partial charge in [0.05, 0.1) is 12.7 Å². The monoisotopic (exact) mass is 271 g/mol. The van der Waals surface area contributed by atoms with Crippen LogP contribution in [0.4, 0.5) is 4.79 Å². The molecule has 2 amide bonds. The van der Waals surface area contributed by atoms with Crippen molar-refractivity contribution >= 4 is 6.03 Å². The Labute approximate surface area is 114 Å². The predicted octanol–water partition coefficient (Wildman–Crippen LogP) is -0.501. The van der Waals surface area contributed by atoms with Crippen molar-refractivity contribution in [1.29, 1.82) is 0 Å². The Bertz CT molecular complexity index is 310. The molecule has 0 bridgehead atoms. The quantitative estimate of drug-likeness (QED) is 0.523. The minimum Gasteiger partial charge on any atom is -0.395 e. The van der Waals surface area contributed by atoms with E-state index in [9.17, 15) is 9.90 Å². The Balaban J connectivity index is 1.87. The standard InChI is InChI=1S/C13H25N3O3/c14-13(19)16-7-9(6-12(18)10-1-2-10)5-11(8-16)15-3-4-17/h9-12,15,17-18H,1-8H2,(H2,14,19). The van der Waals surface area contributed by atoms with E-state index in [0.29, 0.717) is 25.6 Å². The molecule has 6 heteroatoms. The van der Waals surface area contributed by atoms with Crippen molar-refractivity contribution in [2.75, 3.05) is 26.2 Å². The summed E-state index contributed by atoms with van der Waals surface area (Å²) in [5, 5.41) is 22.1. The summed E-state index contributed by atoms with van der Waals surface area (Å²) in [6, 6.07) is -0.244. The third-order valence-corrected chi connectivity index (χ3v) is 4.13. The van der Waals surface area contributed by atoms with Crippen molar-refractivity contribution in [2.45, 2.75) is 37.8 Å². The highest BCUT2D eigenvalue weighted by Crippen LogP contribution is 2.36. The Morgan fingerprint density at radius 3 is 2.74 bits per heavy atom. The molecule has 2 fully saturated rings. The zero-order valence-electron chi connectivity index (χ0n) is 11.3. The zero-order valence-corrected chi connectivity index (χ0v) is 11.3. The van der Waals surface area contributed by atoms with Crippen LogP contribution in [0.1, 0.15) is 25.7 Å². The molecule has 1 heterocycles. The van der Waals surface area contributed by atoms with E-state index < -0.39 is 6.03 Å². The summed E-state index contributed by atoms with van der Waals surface area (Å²) in [7, 11) is 0. The van der Waals surface area contributed by atoms with E-state index in [4.69, 9.17) is 10.8 Å². The lowest BCUT2D eigenvalue weighted by Crippen LogP contribution is -2.53. The number of primary amides is 1. The Hall–Kier alpha value is -0.850. The largest absolute Gasteiger partial charge is 0.395 e. The molecule has 110 valence electrons. The SMILES string of the molecule is NC(=O)N1CC(CC(O)C2CC2)CC(NCCO)C1. The fraction of sp³-hybridized carbons (Fsp3) is 0.923. The predicted molar refractivity (Wildman–Crippen MR) is 71.5 cm³/mol. The average Bonchev–Trinajstić information content (AvgIpc) is 3.20. The molecule has 19 heavy (non-hydrogen) atoms. The molecule has 2 rings (SSSR count). The van der Waals surface area contributed by atoms with Gasteiger partial charge in [-0.1, -0.05) is 0 Å². The van der Waals surface area contributed by atoms with Crippen LogP contribution in [0.3, 0.4) is 0 Å². The first kappa shape index (κ1) is 14.6. The number of nitrogens with zero attached hydrogens (tertiary/aromatic N) is 1. The molecule has 1 aliphatic carbocycles. The summed E-state index contributed by atoms with van der Waals surface area (Å²) in [5.41, 5.74) is 5.37. The van der Waals surface area contributed by atoms with Crippen LogP contribution in [0.15, 0.2) is 0 Å². The number of aliphatic hydroxyl groups is 2. The summed E-state index contributed by atoms with van der Waals surface area (Å²) < 4.78 is 0. The van der Waals surface area contributed by atoms with Gasteiger partial charge in [0, 0.05) is 25.7 Å². The second kappa shape index (κ2) is 6.54. The molecule has 6 nitrogen and oxygen atoms in total. The minimum absolute atomic E-state index is 0.0858. The first-order valence-corrected chi connectivity index (χ1v) is 7.16. The van der Waals surface area contributed by atoms with Gasteiger partial charge >= 0.3 is 6.03 Å². The Kier molecular flexibility index (Phi) is 5.01. The Morgan fingerprint density at radius 2 is 2.16 bits per heavy atom. The van der Waals surface area contributed by atoms with Crippen LogP contribution in [0, 0.1) is 11.8 Å². The maximum Gasteiger partial charge on any atom is 0.314 e. The molecule has 3 atom stereocenters. The molecule has 1 aliphatic heterocycles. The van der Waals surface area contributed by atoms with Gasteiger partial charge in [0.2, 0.25) is 0 Å². The zero-order chi connectivity index (χ0) is 13.8. The van der Waals surface area contributed by atoms with Gasteiger partial charge < -0.3 is 26.2 Å². The van der Waals surface area contributed by atoms with Crippen LogP contribution in [-0.2, 0) is 0 Å². The molecule has 5 N–H and O–H groups in total. The number of carbonyl (C=O) groups excluding carboxylic acids is 1. The molecule has 3 unspecified atom stereocenters. The highest BCUT2D eigenvalue weighted by atomic mass is 16.3. The number of aliphatic hydroxyl groups excluding tert-OH is 2. The number of nitrogens with two attached hydrogens (primary N) is 1. The lowest BCUT2D eigenvalue weighted by molar-refractivity contribution is 0.0845. The normalized spacial score (nSPS) is 29.3. The van der Waals surface area contributed by atoms with Gasteiger partial charge in [0.1, 0.15) is 0 Å². The lowest BCUT2D eigenvalue weighted by atomic mass is 9.88. The third-order valence-electron chi connectivity index (χ3n) is 4.13. The van der Waals surface area contributed by atoms with Crippen molar-refractivity contribution in [3.05, 3.63) is 0 Å². The number of piperidine rings is 1. The summed E-state index contributed by atoms with van der Waals surface area (Å²) >= 11 is 0. The summed E-state index contributed by atoms with van der Waals surface area (Å²) in [6.45, 7) is 1.83. The van der Waals surface area contributed by atoms with Gasteiger partial charge in [-0.2, -0.15) is 0 Å². The minimum atomic E-state index is -0.401. The highest BCUT2D eigenvalue weighted by Gasteiger charge is 2.35. The first-order chi connectivity index (χ1) is 9.10. The average molecular weight is 271 g/mol. The number of nitrogens with one attached hydrogen (secondary N) is 1. The van der Waals surface area contributed by atoms with E-state index in [0.717, 1.165) is 25.7 Å². The summed E-state index contributed by atoms with van der Waals surface area (Å²) in [5.74, 6) is 0.751. The molecule has 1 saturated carbocycles. The van der Waals surface area contributed by atoms with Crippen molar-refractivity contribution in [3.63, 3.8) is 0 Å². The van der Waals surface area contributed by atoms with Crippen molar-refractivity contribution in [3.8, 4) is 0 Å². The number of likely N-dealkylation sites (tertiary alicyclic amines) is 1. The van der Waals surface area contributed by atoms with Crippen LogP contribution in [-0.4, -0.2) is 59.5 Å². The fourth-order valence-electron chi connectivity index (χ4n) is 2.99. The van der Waals surface area contributed by atoms with Crippen LogP contribution < -0.4 is 11.1 Å². The van der Waals surface area contributed by atoms with E-state index in [2.05, 4.69) is 5.32 Å². The number of rotatable bonds is 6. The van der Waals surface area contributed by atoms with Gasteiger partial charge in [-0.3, -0.25) is 0 Å².